The number of hydrogen-bond donors (Lipinski definition) is 6. The minimum Gasteiger partial charge on any atom is -0.462 e. The number of phosphoric ester groups is 1. The average Bonchev–Trinajstić information content (AvgIpc) is 3.39. The first-order chi connectivity index (χ1) is 36.4. The molecule has 0 aromatic carbocycles. The summed E-state index contributed by atoms with van der Waals surface area (Å²) in [7, 11) is -5.13. The van der Waals surface area contributed by atoms with Crippen LogP contribution in [0.15, 0.2) is 12.2 Å². The Kier molecular flexibility index (Phi) is 48.5. The zero-order chi connectivity index (χ0) is 54.9. The third-order valence-corrected chi connectivity index (χ3v) is 16.1. The molecule has 1 rings (SSSR count). The molecule has 1 aliphatic rings. The van der Waals surface area contributed by atoms with Gasteiger partial charge in [0.05, 0.1) is 6.61 Å². The topological polar surface area (TPSA) is 210 Å². The van der Waals surface area contributed by atoms with Crippen molar-refractivity contribution in [3.63, 3.8) is 0 Å². The predicted molar refractivity (Wildman–Crippen MR) is 304 cm³/mol. The molecule has 0 spiro atoms. The van der Waals surface area contributed by atoms with E-state index in [1.807, 2.05) is 0 Å². The van der Waals surface area contributed by atoms with Crippen molar-refractivity contribution >= 4 is 19.8 Å². The van der Waals surface area contributed by atoms with Gasteiger partial charge in [0.2, 0.25) is 0 Å². The number of aliphatic hydroxyl groups is 5. The maximum Gasteiger partial charge on any atom is 0.472 e. The molecule has 444 valence electrons. The van der Waals surface area contributed by atoms with E-state index in [0.717, 1.165) is 32.1 Å². The number of unbranched alkanes of at least 4 members (excludes halogenated alkanes) is 41. The average molecular weight is 1090 g/mol. The molecule has 6 unspecified atom stereocenters. The summed E-state index contributed by atoms with van der Waals surface area (Å²) < 4.78 is 33.8. The molecule has 1 saturated carbocycles. The lowest BCUT2D eigenvalue weighted by Gasteiger charge is -2.41. The molecule has 6 N–H and O–H groups in total. The standard InChI is InChI=1S/C61H117O13P/c1-3-5-7-9-11-13-15-17-19-21-23-25-27-29-31-33-35-37-39-41-43-45-47-49-54(62)71-51-53(52-72-75(69,70)74-61-59(67)57(65)56(64)58(66)60(61)68)73-55(63)50-48-46-44-42-40-38-36-34-32-30-28-26-24-22-20-18-16-14-12-10-8-6-4-2/h41,43,53,56-61,64-68H,3-40,42,44-52H2,1-2H3,(H,69,70)/b43-41+/t53-,56?,57-,58?,59?,60?,61?/m0/s1. The molecule has 0 radical (unpaired) electrons. The minimum absolute atomic E-state index is 0.0985. The van der Waals surface area contributed by atoms with Crippen molar-refractivity contribution in [3.05, 3.63) is 12.2 Å². The molecule has 0 aromatic heterocycles. The number of hydrogen-bond acceptors (Lipinski definition) is 12. The number of rotatable bonds is 55. The van der Waals surface area contributed by atoms with Crippen LogP contribution in [0.3, 0.4) is 0 Å². The first-order valence-electron chi connectivity index (χ1n) is 31.5. The van der Waals surface area contributed by atoms with Crippen LogP contribution >= 0.6 is 7.82 Å². The summed E-state index contributed by atoms with van der Waals surface area (Å²) in [4.78, 5) is 36.0. The van der Waals surface area contributed by atoms with Crippen molar-refractivity contribution in [2.45, 2.75) is 352 Å². The lowest BCUT2D eigenvalue weighted by molar-refractivity contribution is -0.220. The van der Waals surface area contributed by atoms with Gasteiger partial charge in [-0.2, -0.15) is 0 Å². The number of carbonyl (C=O) groups is 2. The van der Waals surface area contributed by atoms with Crippen LogP contribution in [0.25, 0.3) is 0 Å². The zero-order valence-corrected chi connectivity index (χ0v) is 49.0. The zero-order valence-electron chi connectivity index (χ0n) is 48.1. The second-order valence-corrected chi connectivity index (χ2v) is 23.7. The Labute approximate surface area is 458 Å². The third kappa shape index (κ3) is 42.2. The van der Waals surface area contributed by atoms with Crippen LogP contribution in [0.5, 0.6) is 0 Å². The maximum atomic E-state index is 12.9. The first kappa shape index (κ1) is 71.6. The van der Waals surface area contributed by atoms with E-state index in [1.54, 1.807) is 0 Å². The summed E-state index contributed by atoms with van der Waals surface area (Å²) in [6, 6.07) is 0. The minimum atomic E-state index is -5.13. The van der Waals surface area contributed by atoms with Gasteiger partial charge in [-0.1, -0.05) is 276 Å². The van der Waals surface area contributed by atoms with E-state index in [2.05, 4.69) is 26.0 Å². The smallest absolute Gasteiger partial charge is 0.462 e. The van der Waals surface area contributed by atoms with E-state index in [9.17, 15) is 44.6 Å². The lowest BCUT2D eigenvalue weighted by atomic mass is 9.85. The monoisotopic (exact) mass is 1090 g/mol. The van der Waals surface area contributed by atoms with Gasteiger partial charge in [-0.25, -0.2) is 4.57 Å². The van der Waals surface area contributed by atoms with Gasteiger partial charge in [-0.15, -0.1) is 0 Å². The van der Waals surface area contributed by atoms with Crippen LogP contribution in [0.4, 0.5) is 0 Å². The molecule has 1 aliphatic carbocycles. The molecule has 0 saturated heterocycles. The van der Waals surface area contributed by atoms with Gasteiger partial charge < -0.3 is 39.9 Å². The molecule has 0 aliphatic heterocycles. The van der Waals surface area contributed by atoms with Crippen LogP contribution in [-0.4, -0.2) is 98.3 Å². The Morgan fingerprint density at radius 3 is 1.05 bits per heavy atom. The Balaban J connectivity index is 2.29. The molecular formula is C61H117O13P. The fourth-order valence-electron chi connectivity index (χ4n) is 10.1. The molecule has 0 aromatic rings. The molecule has 8 atom stereocenters. The fourth-order valence-corrected chi connectivity index (χ4v) is 11.1. The number of ether oxygens (including phenoxy) is 2. The summed E-state index contributed by atoms with van der Waals surface area (Å²) in [5, 5.41) is 50.5. The van der Waals surface area contributed by atoms with E-state index in [0.29, 0.717) is 19.3 Å². The molecule has 75 heavy (non-hydrogen) atoms. The molecule has 0 amide bonds. The molecular weight excluding hydrogens is 972 g/mol. The van der Waals surface area contributed by atoms with Gasteiger partial charge in [0.15, 0.2) is 6.10 Å². The van der Waals surface area contributed by atoms with Gasteiger partial charge in [0.25, 0.3) is 0 Å². The number of phosphoric acid groups is 1. The van der Waals surface area contributed by atoms with Crippen molar-refractivity contribution in [3.8, 4) is 0 Å². The summed E-state index contributed by atoms with van der Waals surface area (Å²) in [6.07, 6.45) is 47.1. The van der Waals surface area contributed by atoms with Crippen LogP contribution in [0, 0.1) is 0 Å². The van der Waals surface area contributed by atoms with Crippen LogP contribution in [0.2, 0.25) is 0 Å². The Bertz CT molecular complexity index is 1350. The van der Waals surface area contributed by atoms with Crippen molar-refractivity contribution < 1.29 is 63.1 Å². The second kappa shape index (κ2) is 50.8. The van der Waals surface area contributed by atoms with E-state index in [-0.39, 0.29) is 12.8 Å². The highest BCUT2D eigenvalue weighted by Gasteiger charge is 2.51. The highest BCUT2D eigenvalue weighted by molar-refractivity contribution is 7.47. The number of aliphatic hydroxyl groups excluding tert-OH is 5. The van der Waals surface area contributed by atoms with Gasteiger partial charge in [0.1, 0.15) is 43.2 Å². The summed E-state index contributed by atoms with van der Waals surface area (Å²) in [5.41, 5.74) is 0. The van der Waals surface area contributed by atoms with Crippen LogP contribution in [-0.2, 0) is 32.7 Å². The largest absolute Gasteiger partial charge is 0.472 e. The van der Waals surface area contributed by atoms with Gasteiger partial charge in [0, 0.05) is 12.8 Å². The lowest BCUT2D eigenvalue weighted by Crippen LogP contribution is -2.64. The van der Waals surface area contributed by atoms with Crippen molar-refractivity contribution in [2.75, 3.05) is 13.2 Å². The van der Waals surface area contributed by atoms with Gasteiger partial charge in [-0.05, 0) is 32.1 Å². The normalized spacial score (nSPS) is 20.2. The quantitative estimate of drug-likeness (QED) is 0.0145. The van der Waals surface area contributed by atoms with Crippen molar-refractivity contribution in [2.24, 2.45) is 0 Å². The first-order valence-corrected chi connectivity index (χ1v) is 33.0. The Morgan fingerprint density at radius 2 is 0.693 bits per heavy atom. The van der Waals surface area contributed by atoms with Gasteiger partial charge in [-0.3, -0.25) is 18.6 Å². The summed E-state index contributed by atoms with van der Waals surface area (Å²) >= 11 is 0. The second-order valence-electron chi connectivity index (χ2n) is 22.3. The summed E-state index contributed by atoms with van der Waals surface area (Å²) in [5.74, 6) is -1.11. The van der Waals surface area contributed by atoms with Crippen LogP contribution < -0.4 is 0 Å². The fraction of sp³-hybridized carbons (Fsp3) is 0.934. The molecule has 0 heterocycles. The number of allylic oxidation sites excluding steroid dienone is 2. The van der Waals surface area contributed by atoms with Gasteiger partial charge >= 0.3 is 19.8 Å². The third-order valence-electron chi connectivity index (χ3n) is 15.1. The SMILES string of the molecule is CCCCCCCCCCCCCCCCCCCC/C=C/CCCC(=O)OC[C@@H](COP(=O)(O)OC1C(O)C(O)C(O)[C@H](O)C1O)OC(=O)CCCCCCCCCCCCCCCCCCCCCCCCC. The van der Waals surface area contributed by atoms with Crippen molar-refractivity contribution in [1.29, 1.82) is 0 Å². The molecule has 14 heteroatoms. The highest BCUT2D eigenvalue weighted by atomic mass is 31.2. The van der Waals surface area contributed by atoms with E-state index in [1.165, 1.54) is 231 Å². The van der Waals surface area contributed by atoms with Crippen molar-refractivity contribution in [1.82, 2.24) is 0 Å². The molecule has 0 bridgehead atoms. The van der Waals surface area contributed by atoms with E-state index >= 15 is 0 Å². The number of esters is 2. The maximum absolute atomic E-state index is 12.9. The predicted octanol–water partition coefficient (Wildman–Crippen LogP) is 15.3. The van der Waals surface area contributed by atoms with E-state index in [4.69, 9.17) is 18.5 Å². The molecule has 1 fully saturated rings. The van der Waals surface area contributed by atoms with E-state index < -0.39 is 75.7 Å². The Hall–Kier alpha value is -1.41. The summed E-state index contributed by atoms with van der Waals surface area (Å²) in [6.45, 7) is 3.36. The highest BCUT2D eigenvalue weighted by Crippen LogP contribution is 2.47. The molecule has 13 nitrogen and oxygen atoms in total. The van der Waals surface area contributed by atoms with Crippen LogP contribution in [0.1, 0.15) is 309 Å². The Morgan fingerprint density at radius 1 is 0.400 bits per heavy atom. The number of carbonyl (C=O) groups excluding carboxylic acids is 2.